The van der Waals surface area contributed by atoms with E-state index >= 15 is 0 Å². The van der Waals surface area contributed by atoms with Crippen LogP contribution in [0.1, 0.15) is 37.0 Å². The number of carbonyl (C=O) groups excluding carboxylic acids is 1. The number of benzene rings is 1. The highest BCUT2D eigenvalue weighted by Gasteiger charge is 2.31. The van der Waals surface area contributed by atoms with Gasteiger partial charge in [0.1, 0.15) is 0 Å². The maximum atomic E-state index is 12.6. The molecule has 0 spiro atoms. The van der Waals surface area contributed by atoms with Gasteiger partial charge in [0.05, 0.1) is 0 Å². The molecule has 3 nitrogen and oxygen atoms in total. The molecule has 0 bridgehead atoms. The van der Waals surface area contributed by atoms with Crippen molar-refractivity contribution in [3.8, 4) is 0 Å². The summed E-state index contributed by atoms with van der Waals surface area (Å²) in [5.41, 5.74) is 9.69. The van der Waals surface area contributed by atoms with Crippen LogP contribution in [0.2, 0.25) is 0 Å². The number of hydrogen-bond acceptors (Lipinski definition) is 2. The van der Waals surface area contributed by atoms with Gasteiger partial charge < -0.3 is 10.6 Å². The highest BCUT2D eigenvalue weighted by atomic mass is 16.2. The molecule has 19 heavy (non-hydrogen) atoms. The summed E-state index contributed by atoms with van der Waals surface area (Å²) >= 11 is 0. The Morgan fingerprint density at radius 3 is 2.11 bits per heavy atom. The maximum Gasteiger partial charge on any atom is 0.232 e. The smallest absolute Gasteiger partial charge is 0.232 e. The molecule has 0 aromatic heterocycles. The van der Waals surface area contributed by atoms with Crippen molar-refractivity contribution in [2.75, 3.05) is 18.5 Å². The largest absolute Gasteiger partial charge is 0.330 e. The van der Waals surface area contributed by atoms with Gasteiger partial charge in [-0.3, -0.25) is 4.79 Å². The first kappa shape index (κ1) is 15.7. The van der Waals surface area contributed by atoms with E-state index in [2.05, 4.69) is 32.9 Å². The van der Waals surface area contributed by atoms with Crippen molar-refractivity contribution < 1.29 is 4.79 Å². The summed E-state index contributed by atoms with van der Waals surface area (Å²) in [7, 11) is 1.85. The number of anilines is 1. The zero-order valence-corrected chi connectivity index (χ0v) is 13.0. The van der Waals surface area contributed by atoms with E-state index in [1.54, 1.807) is 4.90 Å². The molecule has 0 radical (unpaired) electrons. The Balaban J connectivity index is 3.14. The normalized spacial score (nSPS) is 11.5. The quantitative estimate of drug-likeness (QED) is 0.906. The molecule has 0 saturated heterocycles. The second-order valence-corrected chi connectivity index (χ2v) is 6.03. The summed E-state index contributed by atoms with van der Waals surface area (Å²) in [6.07, 6.45) is 0.695. The summed E-state index contributed by atoms with van der Waals surface area (Å²) in [6, 6.07) is 4.23. The molecule has 1 aromatic carbocycles. The van der Waals surface area contributed by atoms with E-state index in [0.29, 0.717) is 13.0 Å². The molecule has 106 valence electrons. The first-order valence-corrected chi connectivity index (χ1v) is 6.77. The van der Waals surface area contributed by atoms with Crippen molar-refractivity contribution in [3.05, 3.63) is 28.8 Å². The van der Waals surface area contributed by atoms with Crippen LogP contribution in [0.3, 0.4) is 0 Å². The molecule has 2 N–H and O–H groups in total. The predicted molar refractivity (Wildman–Crippen MR) is 81.5 cm³/mol. The van der Waals surface area contributed by atoms with Crippen LogP contribution >= 0.6 is 0 Å². The van der Waals surface area contributed by atoms with Crippen LogP contribution in [0.4, 0.5) is 5.69 Å². The average molecular weight is 262 g/mol. The van der Waals surface area contributed by atoms with Crippen molar-refractivity contribution in [3.63, 3.8) is 0 Å². The molecule has 3 heteroatoms. The predicted octanol–water partition coefficient (Wildman–Crippen LogP) is 2.95. The van der Waals surface area contributed by atoms with Gasteiger partial charge in [-0.1, -0.05) is 31.5 Å². The molecular weight excluding hydrogens is 236 g/mol. The van der Waals surface area contributed by atoms with Crippen LogP contribution in [-0.2, 0) is 4.79 Å². The van der Waals surface area contributed by atoms with Gasteiger partial charge >= 0.3 is 0 Å². The Kier molecular flexibility index (Phi) is 4.75. The Morgan fingerprint density at radius 2 is 1.68 bits per heavy atom. The minimum atomic E-state index is -0.423. The molecule has 0 atom stereocenters. The highest BCUT2D eigenvalue weighted by Crippen LogP contribution is 2.30. The second-order valence-electron chi connectivity index (χ2n) is 6.03. The number of nitrogens with two attached hydrogens (primary N) is 1. The van der Waals surface area contributed by atoms with Crippen molar-refractivity contribution in [2.24, 2.45) is 11.1 Å². The lowest BCUT2D eigenvalue weighted by Gasteiger charge is -2.31. The van der Waals surface area contributed by atoms with Gasteiger partial charge in [-0.05, 0) is 44.9 Å². The fourth-order valence-corrected chi connectivity index (χ4v) is 2.72. The number of rotatable bonds is 4. The molecular formula is C16H26N2O. The molecule has 0 aliphatic heterocycles. The van der Waals surface area contributed by atoms with E-state index < -0.39 is 5.41 Å². The van der Waals surface area contributed by atoms with Gasteiger partial charge in [-0.25, -0.2) is 0 Å². The van der Waals surface area contributed by atoms with Crippen LogP contribution in [0, 0.1) is 26.2 Å². The lowest BCUT2D eigenvalue weighted by atomic mass is 9.87. The van der Waals surface area contributed by atoms with Gasteiger partial charge in [-0.15, -0.1) is 0 Å². The molecule has 1 amide bonds. The van der Waals surface area contributed by atoms with Crippen molar-refractivity contribution in [1.82, 2.24) is 0 Å². The van der Waals surface area contributed by atoms with Crippen molar-refractivity contribution >= 4 is 11.6 Å². The molecule has 0 heterocycles. The number of nitrogens with zero attached hydrogens (tertiary/aromatic N) is 1. The van der Waals surface area contributed by atoms with Gasteiger partial charge in [0.25, 0.3) is 0 Å². The molecule has 0 aliphatic rings. The van der Waals surface area contributed by atoms with Crippen LogP contribution < -0.4 is 10.6 Å². The van der Waals surface area contributed by atoms with Gasteiger partial charge in [0.15, 0.2) is 0 Å². The lowest BCUT2D eigenvalue weighted by molar-refractivity contribution is -0.126. The second kappa shape index (κ2) is 5.74. The minimum absolute atomic E-state index is 0.119. The summed E-state index contributed by atoms with van der Waals surface area (Å²) < 4.78 is 0. The van der Waals surface area contributed by atoms with Crippen LogP contribution in [-0.4, -0.2) is 19.5 Å². The van der Waals surface area contributed by atoms with Crippen LogP contribution in [0.5, 0.6) is 0 Å². The van der Waals surface area contributed by atoms with Gasteiger partial charge in [0, 0.05) is 18.2 Å². The Hall–Kier alpha value is -1.35. The first-order chi connectivity index (χ1) is 8.70. The van der Waals surface area contributed by atoms with E-state index in [-0.39, 0.29) is 5.91 Å². The molecule has 0 fully saturated rings. The SMILES string of the molecule is Cc1cc(C)c(N(C)C(=O)C(C)(C)CCN)c(C)c1. The number of carbonyl (C=O) groups is 1. The molecule has 0 unspecified atom stereocenters. The minimum Gasteiger partial charge on any atom is -0.330 e. The van der Waals surface area contributed by atoms with Crippen molar-refractivity contribution in [2.45, 2.75) is 41.0 Å². The number of aryl methyl sites for hydroxylation is 3. The maximum absolute atomic E-state index is 12.6. The summed E-state index contributed by atoms with van der Waals surface area (Å²) in [5, 5.41) is 0. The molecule has 1 aromatic rings. The third kappa shape index (κ3) is 3.35. The number of amides is 1. The molecule has 1 rings (SSSR count). The Morgan fingerprint density at radius 1 is 1.21 bits per heavy atom. The summed E-state index contributed by atoms with van der Waals surface area (Å²) in [4.78, 5) is 14.4. The van der Waals surface area contributed by atoms with Crippen molar-refractivity contribution in [1.29, 1.82) is 0 Å². The molecule has 0 aliphatic carbocycles. The Labute approximate surface area is 116 Å². The highest BCUT2D eigenvalue weighted by molar-refractivity contribution is 5.98. The van der Waals surface area contributed by atoms with E-state index in [9.17, 15) is 4.79 Å². The van der Waals surface area contributed by atoms with Crippen LogP contribution in [0.25, 0.3) is 0 Å². The van der Waals surface area contributed by atoms with Gasteiger partial charge in [-0.2, -0.15) is 0 Å². The fourth-order valence-electron chi connectivity index (χ4n) is 2.72. The third-order valence-electron chi connectivity index (χ3n) is 3.62. The summed E-state index contributed by atoms with van der Waals surface area (Å²) in [6.45, 7) is 10.6. The van der Waals surface area contributed by atoms with Gasteiger partial charge in [0.2, 0.25) is 5.91 Å². The zero-order valence-electron chi connectivity index (χ0n) is 13.0. The standard InChI is InChI=1S/C16H26N2O/c1-11-9-12(2)14(13(3)10-11)18(6)15(19)16(4,5)7-8-17/h9-10H,7-8,17H2,1-6H3. The topological polar surface area (TPSA) is 46.3 Å². The zero-order chi connectivity index (χ0) is 14.8. The number of hydrogen-bond donors (Lipinski definition) is 1. The van der Waals surface area contributed by atoms with E-state index in [4.69, 9.17) is 5.73 Å². The Bertz CT molecular complexity index is 455. The van der Waals surface area contributed by atoms with E-state index in [1.165, 1.54) is 5.56 Å². The lowest BCUT2D eigenvalue weighted by Crippen LogP contribution is -2.40. The van der Waals surface area contributed by atoms with E-state index in [0.717, 1.165) is 16.8 Å². The van der Waals surface area contributed by atoms with E-state index in [1.807, 2.05) is 20.9 Å². The fraction of sp³-hybridized carbons (Fsp3) is 0.562. The third-order valence-corrected chi connectivity index (χ3v) is 3.62. The van der Waals surface area contributed by atoms with Crippen LogP contribution in [0.15, 0.2) is 12.1 Å². The average Bonchev–Trinajstić information content (AvgIpc) is 2.26. The monoisotopic (exact) mass is 262 g/mol. The first-order valence-electron chi connectivity index (χ1n) is 6.77. The summed E-state index contributed by atoms with van der Waals surface area (Å²) in [5.74, 6) is 0.119. The molecule has 0 saturated carbocycles.